The molecule has 0 saturated carbocycles. The number of carbonyl (C=O) groups is 1. The Bertz CT molecular complexity index is 341. The van der Waals surface area contributed by atoms with Crippen molar-refractivity contribution >= 4 is 17.5 Å². The first kappa shape index (κ1) is 7.10. The summed E-state index contributed by atoms with van der Waals surface area (Å²) in [6.07, 6.45) is 2.80. The molecule has 1 aromatic rings. The Morgan fingerprint density at radius 2 is 2.17 bits per heavy atom. The normalized spacial score (nSPS) is 14.2. The van der Waals surface area contributed by atoms with Crippen molar-refractivity contribution in [1.29, 1.82) is 0 Å². The number of para-hydroxylation sites is 1. The third-order valence-electron chi connectivity index (χ3n) is 1.98. The summed E-state index contributed by atoms with van der Waals surface area (Å²) in [7, 11) is 0. The minimum Gasteiger partial charge on any atom is -0.381 e. The van der Waals surface area contributed by atoms with Crippen molar-refractivity contribution in [3.8, 4) is 0 Å². The van der Waals surface area contributed by atoms with Crippen LogP contribution in [0, 0.1) is 0 Å². The van der Waals surface area contributed by atoms with Crippen LogP contribution in [0.3, 0.4) is 0 Å². The molecule has 0 amide bonds. The fraction of sp³-hybridized carbons (Fsp3) is 0.100. The molecule has 0 atom stereocenters. The van der Waals surface area contributed by atoms with Crippen LogP contribution in [-0.4, -0.2) is 12.8 Å². The van der Waals surface area contributed by atoms with E-state index < -0.39 is 0 Å². The SMILES string of the molecule is O=CC1=CCNc2ccccc21. The van der Waals surface area contributed by atoms with Crippen LogP contribution in [0.15, 0.2) is 30.3 Å². The molecule has 60 valence electrons. The standard InChI is InChI=1S/C10H9NO/c12-7-8-5-6-11-10-4-2-1-3-9(8)10/h1-5,7,11H,6H2. The predicted octanol–water partition coefficient (Wildman–Crippen LogP) is 1.69. The van der Waals surface area contributed by atoms with Gasteiger partial charge in [0.25, 0.3) is 0 Å². The monoisotopic (exact) mass is 159 g/mol. The number of nitrogens with one attached hydrogen (secondary N) is 1. The van der Waals surface area contributed by atoms with E-state index in [1.54, 1.807) is 0 Å². The molecule has 12 heavy (non-hydrogen) atoms. The van der Waals surface area contributed by atoms with Gasteiger partial charge in [-0.3, -0.25) is 4.79 Å². The Morgan fingerprint density at radius 3 is 3.00 bits per heavy atom. The summed E-state index contributed by atoms with van der Waals surface area (Å²) in [6, 6.07) is 7.82. The second kappa shape index (κ2) is 2.81. The molecule has 0 aliphatic carbocycles. The summed E-state index contributed by atoms with van der Waals surface area (Å²) in [4.78, 5) is 10.6. The fourth-order valence-corrected chi connectivity index (χ4v) is 1.38. The van der Waals surface area contributed by atoms with Crippen molar-refractivity contribution in [2.45, 2.75) is 0 Å². The van der Waals surface area contributed by atoms with Crippen LogP contribution in [0.5, 0.6) is 0 Å². The van der Waals surface area contributed by atoms with Gasteiger partial charge in [0.05, 0.1) is 0 Å². The molecule has 0 spiro atoms. The molecular formula is C10H9NO. The number of allylic oxidation sites excluding steroid dienone is 1. The molecule has 0 aromatic heterocycles. The number of hydrogen-bond acceptors (Lipinski definition) is 2. The van der Waals surface area contributed by atoms with Gasteiger partial charge >= 0.3 is 0 Å². The van der Waals surface area contributed by atoms with E-state index in [-0.39, 0.29) is 0 Å². The molecule has 0 saturated heterocycles. The number of aldehydes is 1. The van der Waals surface area contributed by atoms with Crippen molar-refractivity contribution < 1.29 is 4.79 Å². The lowest BCUT2D eigenvalue weighted by Crippen LogP contribution is -2.07. The average Bonchev–Trinajstić information content (AvgIpc) is 2.17. The zero-order chi connectivity index (χ0) is 8.39. The lowest BCUT2D eigenvalue weighted by atomic mass is 10.0. The van der Waals surface area contributed by atoms with Gasteiger partial charge in [-0.2, -0.15) is 0 Å². The number of hydrogen-bond donors (Lipinski definition) is 1. The Hall–Kier alpha value is -1.57. The van der Waals surface area contributed by atoms with Gasteiger partial charge < -0.3 is 5.32 Å². The van der Waals surface area contributed by atoms with Gasteiger partial charge in [0.15, 0.2) is 0 Å². The van der Waals surface area contributed by atoms with Gasteiger partial charge in [-0.25, -0.2) is 0 Å². The van der Waals surface area contributed by atoms with E-state index in [4.69, 9.17) is 0 Å². The van der Waals surface area contributed by atoms with Gasteiger partial charge in [0.1, 0.15) is 6.29 Å². The van der Waals surface area contributed by atoms with Gasteiger partial charge in [0, 0.05) is 23.4 Å². The maximum atomic E-state index is 10.6. The summed E-state index contributed by atoms with van der Waals surface area (Å²) in [5.41, 5.74) is 2.82. The lowest BCUT2D eigenvalue weighted by molar-refractivity contribution is -0.103. The second-order valence-electron chi connectivity index (χ2n) is 2.70. The highest BCUT2D eigenvalue weighted by atomic mass is 16.1. The molecule has 2 nitrogen and oxygen atoms in total. The fourth-order valence-electron chi connectivity index (χ4n) is 1.38. The smallest absolute Gasteiger partial charge is 0.150 e. The maximum absolute atomic E-state index is 10.6. The van der Waals surface area contributed by atoms with Crippen LogP contribution in [0.4, 0.5) is 5.69 Å². The number of carbonyl (C=O) groups excluding carboxylic acids is 1. The molecule has 1 aliphatic rings. The third kappa shape index (κ3) is 1.01. The number of anilines is 1. The Labute approximate surface area is 70.9 Å². The largest absolute Gasteiger partial charge is 0.381 e. The molecule has 1 N–H and O–H groups in total. The van der Waals surface area contributed by atoms with E-state index in [0.717, 1.165) is 29.7 Å². The van der Waals surface area contributed by atoms with Crippen molar-refractivity contribution in [2.24, 2.45) is 0 Å². The summed E-state index contributed by atoms with van der Waals surface area (Å²) in [6.45, 7) is 0.741. The van der Waals surface area contributed by atoms with E-state index >= 15 is 0 Å². The quantitative estimate of drug-likeness (QED) is 0.632. The van der Waals surface area contributed by atoms with Gasteiger partial charge in [-0.15, -0.1) is 0 Å². The molecule has 1 aliphatic heterocycles. The summed E-state index contributed by atoms with van der Waals surface area (Å²) < 4.78 is 0. The predicted molar refractivity (Wildman–Crippen MR) is 49.0 cm³/mol. The van der Waals surface area contributed by atoms with Crippen LogP contribution in [0.25, 0.3) is 5.57 Å². The van der Waals surface area contributed by atoms with E-state index in [1.165, 1.54) is 0 Å². The molecule has 0 unspecified atom stereocenters. The lowest BCUT2D eigenvalue weighted by Gasteiger charge is -2.15. The minimum atomic E-state index is 0.741. The average molecular weight is 159 g/mol. The number of rotatable bonds is 1. The van der Waals surface area contributed by atoms with Crippen LogP contribution in [-0.2, 0) is 4.79 Å². The molecule has 2 heteroatoms. The van der Waals surface area contributed by atoms with E-state index in [0.29, 0.717) is 0 Å². The summed E-state index contributed by atoms with van der Waals surface area (Å²) >= 11 is 0. The molecule has 0 fully saturated rings. The van der Waals surface area contributed by atoms with Gasteiger partial charge in [-0.1, -0.05) is 24.3 Å². The van der Waals surface area contributed by atoms with E-state index in [1.807, 2.05) is 30.3 Å². The minimum absolute atomic E-state index is 0.741. The topological polar surface area (TPSA) is 29.1 Å². The van der Waals surface area contributed by atoms with Crippen LogP contribution in [0.1, 0.15) is 5.56 Å². The van der Waals surface area contributed by atoms with E-state index in [9.17, 15) is 4.79 Å². The maximum Gasteiger partial charge on any atom is 0.150 e. The molecule has 1 aromatic carbocycles. The Kier molecular flexibility index (Phi) is 1.67. The first-order valence-electron chi connectivity index (χ1n) is 3.90. The Balaban J connectivity index is 2.55. The van der Waals surface area contributed by atoms with Gasteiger partial charge in [-0.05, 0) is 6.07 Å². The highest BCUT2D eigenvalue weighted by molar-refractivity contribution is 6.10. The molecule has 0 radical (unpaired) electrons. The molecule has 1 heterocycles. The molecule has 0 bridgehead atoms. The first-order valence-corrected chi connectivity index (χ1v) is 3.90. The number of fused-ring (bicyclic) bond motifs is 1. The summed E-state index contributed by atoms with van der Waals surface area (Å²) in [5.74, 6) is 0. The zero-order valence-corrected chi connectivity index (χ0v) is 6.58. The van der Waals surface area contributed by atoms with Crippen molar-refractivity contribution in [3.05, 3.63) is 35.9 Å². The van der Waals surface area contributed by atoms with E-state index in [2.05, 4.69) is 5.32 Å². The van der Waals surface area contributed by atoms with Crippen molar-refractivity contribution in [1.82, 2.24) is 0 Å². The molecular weight excluding hydrogens is 150 g/mol. The van der Waals surface area contributed by atoms with Crippen LogP contribution < -0.4 is 5.32 Å². The van der Waals surface area contributed by atoms with Gasteiger partial charge in [0.2, 0.25) is 0 Å². The highest BCUT2D eigenvalue weighted by Gasteiger charge is 2.09. The van der Waals surface area contributed by atoms with Crippen molar-refractivity contribution in [2.75, 3.05) is 11.9 Å². The molecule has 2 rings (SSSR count). The second-order valence-corrected chi connectivity index (χ2v) is 2.70. The van der Waals surface area contributed by atoms with Crippen LogP contribution >= 0.6 is 0 Å². The third-order valence-corrected chi connectivity index (χ3v) is 1.98. The highest BCUT2D eigenvalue weighted by Crippen LogP contribution is 2.25. The Morgan fingerprint density at radius 1 is 1.33 bits per heavy atom. The summed E-state index contributed by atoms with van der Waals surface area (Å²) in [5, 5.41) is 3.19. The van der Waals surface area contributed by atoms with Crippen LogP contribution in [0.2, 0.25) is 0 Å². The zero-order valence-electron chi connectivity index (χ0n) is 6.58. The first-order chi connectivity index (χ1) is 5.92. The number of benzene rings is 1. The van der Waals surface area contributed by atoms with Crippen molar-refractivity contribution in [3.63, 3.8) is 0 Å².